The van der Waals surface area contributed by atoms with Crippen LogP contribution >= 0.6 is 23.1 Å². The van der Waals surface area contributed by atoms with Gasteiger partial charge >= 0.3 is 0 Å². The second-order valence-electron chi connectivity index (χ2n) is 7.16. The quantitative estimate of drug-likeness (QED) is 0.519. The third-order valence-corrected chi connectivity index (χ3v) is 6.98. The molecule has 0 radical (unpaired) electrons. The topological polar surface area (TPSA) is 70.6 Å². The largest absolute Gasteiger partial charge is 0.497 e. The molecule has 1 N–H and O–H groups in total. The molecule has 2 heterocycles. The Balaban J connectivity index is 1.21. The van der Waals surface area contributed by atoms with E-state index in [4.69, 9.17) is 4.74 Å². The van der Waals surface area contributed by atoms with Gasteiger partial charge in [0.05, 0.1) is 12.9 Å². The van der Waals surface area contributed by atoms with E-state index in [9.17, 15) is 4.79 Å². The molecule has 4 rings (SSSR count). The van der Waals surface area contributed by atoms with Crippen LogP contribution in [0.5, 0.6) is 5.75 Å². The van der Waals surface area contributed by atoms with Gasteiger partial charge in [0.2, 0.25) is 11.0 Å². The van der Waals surface area contributed by atoms with E-state index in [1.54, 1.807) is 7.11 Å². The number of amides is 1. The first-order valence-electron chi connectivity index (χ1n) is 10.1. The maximum Gasteiger partial charge on any atom is 0.233 e. The molecule has 3 aromatic rings. The first kappa shape index (κ1) is 21.6. The molecule has 31 heavy (non-hydrogen) atoms. The number of ether oxygens (including phenoxy) is 1. The zero-order valence-electron chi connectivity index (χ0n) is 17.4. The number of nitrogens with zero attached hydrogens (tertiary/aromatic N) is 4. The molecule has 1 aromatic heterocycles. The molecular formula is C22H25N5O2S2. The number of hydrogen-bond donors (Lipinski definition) is 1. The maximum atomic E-state index is 12.6. The van der Waals surface area contributed by atoms with E-state index in [0.717, 1.165) is 48.5 Å². The van der Waals surface area contributed by atoms with Crippen LogP contribution in [-0.4, -0.2) is 64.9 Å². The van der Waals surface area contributed by atoms with Crippen molar-refractivity contribution in [3.05, 3.63) is 60.2 Å². The first-order valence-corrected chi connectivity index (χ1v) is 11.9. The van der Waals surface area contributed by atoms with Crippen LogP contribution in [0.1, 0.15) is 5.56 Å². The van der Waals surface area contributed by atoms with Gasteiger partial charge in [0, 0.05) is 44.5 Å². The highest BCUT2D eigenvalue weighted by Crippen LogP contribution is 2.29. The average Bonchev–Trinajstić information content (AvgIpc) is 3.26. The lowest BCUT2D eigenvalue weighted by atomic mass is 10.2. The summed E-state index contributed by atoms with van der Waals surface area (Å²) in [6, 6.07) is 18.1. The lowest BCUT2D eigenvalue weighted by Crippen LogP contribution is -2.48. The predicted octanol–water partition coefficient (Wildman–Crippen LogP) is 3.73. The monoisotopic (exact) mass is 455 g/mol. The highest BCUT2D eigenvalue weighted by atomic mass is 32.2. The average molecular weight is 456 g/mol. The fourth-order valence-corrected chi connectivity index (χ4v) is 5.03. The summed E-state index contributed by atoms with van der Waals surface area (Å²) in [6.45, 7) is 4.28. The standard InChI is InChI=1S/C22H25N5O2S2/c1-29-19-9-5-8-18(14-19)23-21-24-25-22(31-21)30-16-20(28)27-12-10-26(11-13-27)15-17-6-3-2-4-7-17/h2-9,14H,10-13,15-16H2,1H3,(H,23,24). The number of carbonyl (C=O) groups excluding carboxylic acids is 1. The van der Waals surface area contributed by atoms with Gasteiger partial charge < -0.3 is 15.0 Å². The van der Waals surface area contributed by atoms with E-state index in [-0.39, 0.29) is 5.91 Å². The Labute approximate surface area is 190 Å². The molecule has 1 aliphatic rings. The van der Waals surface area contributed by atoms with Gasteiger partial charge in [-0.25, -0.2) is 0 Å². The highest BCUT2D eigenvalue weighted by Gasteiger charge is 2.21. The summed E-state index contributed by atoms with van der Waals surface area (Å²) >= 11 is 2.88. The lowest BCUT2D eigenvalue weighted by molar-refractivity contribution is -0.130. The molecule has 0 saturated carbocycles. The third kappa shape index (κ3) is 6.19. The number of benzene rings is 2. The Kier molecular flexibility index (Phi) is 7.39. The number of rotatable bonds is 8. The summed E-state index contributed by atoms with van der Waals surface area (Å²) in [5.74, 6) is 1.31. The molecule has 0 spiro atoms. The highest BCUT2D eigenvalue weighted by molar-refractivity contribution is 8.01. The van der Waals surface area contributed by atoms with Gasteiger partial charge in [-0.15, -0.1) is 10.2 Å². The molecule has 1 aliphatic heterocycles. The Morgan fingerprint density at radius 1 is 1.10 bits per heavy atom. The molecule has 0 atom stereocenters. The molecular weight excluding hydrogens is 430 g/mol. The SMILES string of the molecule is COc1cccc(Nc2nnc(SCC(=O)N3CCN(Cc4ccccc4)CC3)s2)c1. The number of thioether (sulfide) groups is 1. The van der Waals surface area contributed by atoms with Crippen molar-refractivity contribution in [2.75, 3.05) is 44.4 Å². The normalized spacial score (nSPS) is 14.4. The summed E-state index contributed by atoms with van der Waals surface area (Å²) in [7, 11) is 1.64. The minimum absolute atomic E-state index is 0.155. The lowest BCUT2D eigenvalue weighted by Gasteiger charge is -2.34. The van der Waals surface area contributed by atoms with E-state index in [1.165, 1.54) is 28.7 Å². The van der Waals surface area contributed by atoms with Crippen LogP contribution in [-0.2, 0) is 11.3 Å². The van der Waals surface area contributed by atoms with Gasteiger partial charge in [0.1, 0.15) is 5.75 Å². The van der Waals surface area contributed by atoms with E-state index in [1.807, 2.05) is 35.2 Å². The Morgan fingerprint density at radius 3 is 2.68 bits per heavy atom. The van der Waals surface area contributed by atoms with Crippen molar-refractivity contribution in [3.63, 3.8) is 0 Å². The molecule has 1 saturated heterocycles. The number of methoxy groups -OCH3 is 1. The van der Waals surface area contributed by atoms with E-state index in [0.29, 0.717) is 10.9 Å². The Hall–Kier alpha value is -2.62. The van der Waals surface area contributed by atoms with E-state index < -0.39 is 0 Å². The minimum Gasteiger partial charge on any atom is -0.497 e. The van der Waals surface area contributed by atoms with Gasteiger partial charge in [-0.05, 0) is 17.7 Å². The molecule has 0 bridgehead atoms. The van der Waals surface area contributed by atoms with Gasteiger partial charge in [-0.2, -0.15) is 0 Å². The second-order valence-corrected chi connectivity index (χ2v) is 9.36. The molecule has 0 unspecified atom stereocenters. The van der Waals surface area contributed by atoms with Crippen molar-refractivity contribution < 1.29 is 9.53 Å². The number of nitrogens with one attached hydrogen (secondary N) is 1. The number of carbonyl (C=O) groups is 1. The zero-order valence-corrected chi connectivity index (χ0v) is 19.0. The van der Waals surface area contributed by atoms with E-state index >= 15 is 0 Å². The van der Waals surface area contributed by atoms with Gasteiger partial charge in [0.15, 0.2) is 4.34 Å². The van der Waals surface area contributed by atoms with Crippen molar-refractivity contribution in [3.8, 4) is 5.75 Å². The van der Waals surface area contributed by atoms with Gasteiger partial charge in [-0.1, -0.05) is 59.5 Å². The third-order valence-electron chi connectivity index (χ3n) is 5.02. The van der Waals surface area contributed by atoms with Crippen molar-refractivity contribution >= 4 is 39.8 Å². The summed E-state index contributed by atoms with van der Waals surface area (Å²) in [5.41, 5.74) is 2.20. The van der Waals surface area contributed by atoms with Crippen LogP contribution in [0.15, 0.2) is 58.9 Å². The maximum absolute atomic E-state index is 12.6. The number of aromatic nitrogens is 2. The first-order chi connectivity index (χ1) is 15.2. The van der Waals surface area contributed by atoms with E-state index in [2.05, 4.69) is 44.7 Å². The Morgan fingerprint density at radius 2 is 1.90 bits per heavy atom. The van der Waals surface area contributed by atoms with Crippen molar-refractivity contribution in [2.24, 2.45) is 0 Å². The molecule has 162 valence electrons. The van der Waals surface area contributed by atoms with Gasteiger partial charge in [-0.3, -0.25) is 9.69 Å². The molecule has 1 fully saturated rings. The molecule has 0 aliphatic carbocycles. The second kappa shape index (κ2) is 10.6. The predicted molar refractivity (Wildman–Crippen MR) is 125 cm³/mol. The van der Waals surface area contributed by atoms with Gasteiger partial charge in [0.25, 0.3) is 0 Å². The minimum atomic E-state index is 0.155. The van der Waals surface area contributed by atoms with Crippen molar-refractivity contribution in [1.82, 2.24) is 20.0 Å². The number of anilines is 2. The molecule has 7 nitrogen and oxygen atoms in total. The Bertz CT molecular complexity index is 990. The number of hydrogen-bond acceptors (Lipinski definition) is 8. The summed E-state index contributed by atoms with van der Waals surface area (Å²) in [6.07, 6.45) is 0. The summed E-state index contributed by atoms with van der Waals surface area (Å²) in [4.78, 5) is 17.0. The fraction of sp³-hybridized carbons (Fsp3) is 0.318. The van der Waals surface area contributed by atoms with Crippen LogP contribution in [0, 0.1) is 0 Å². The molecule has 9 heteroatoms. The summed E-state index contributed by atoms with van der Waals surface area (Å²) in [5, 5.41) is 12.3. The van der Waals surface area contributed by atoms with Crippen LogP contribution in [0.2, 0.25) is 0 Å². The fourth-order valence-electron chi connectivity index (χ4n) is 3.35. The van der Waals surface area contributed by atoms with Crippen LogP contribution in [0.4, 0.5) is 10.8 Å². The smallest absolute Gasteiger partial charge is 0.233 e. The van der Waals surface area contributed by atoms with Crippen LogP contribution in [0.25, 0.3) is 0 Å². The van der Waals surface area contributed by atoms with Crippen LogP contribution < -0.4 is 10.1 Å². The number of piperazine rings is 1. The molecule has 1 amide bonds. The molecule has 2 aromatic carbocycles. The van der Waals surface area contributed by atoms with Crippen molar-refractivity contribution in [2.45, 2.75) is 10.9 Å². The zero-order chi connectivity index (χ0) is 21.5. The van der Waals surface area contributed by atoms with Crippen molar-refractivity contribution in [1.29, 1.82) is 0 Å². The van der Waals surface area contributed by atoms with Crippen LogP contribution in [0.3, 0.4) is 0 Å². The summed E-state index contributed by atoms with van der Waals surface area (Å²) < 4.78 is 6.01.